The smallest absolute Gasteiger partial charge is 0.336 e. The van der Waals surface area contributed by atoms with Crippen LogP contribution in [-0.4, -0.2) is 43.9 Å². The molecule has 110 valence electrons. The van der Waals surface area contributed by atoms with Gasteiger partial charge in [-0.15, -0.1) is 0 Å². The SMILES string of the molecule is COC(=O)C(O)CNC(=O)CCc1ccc(OC)cc1. The van der Waals surface area contributed by atoms with Crippen molar-refractivity contribution in [3.63, 3.8) is 0 Å². The molecule has 1 aromatic carbocycles. The molecule has 0 saturated carbocycles. The van der Waals surface area contributed by atoms with Gasteiger partial charge in [0.25, 0.3) is 0 Å². The zero-order chi connectivity index (χ0) is 15.0. The number of carbonyl (C=O) groups excluding carboxylic acids is 2. The number of hydrogen-bond donors (Lipinski definition) is 2. The maximum absolute atomic E-state index is 11.6. The third kappa shape index (κ3) is 5.27. The minimum atomic E-state index is -1.33. The summed E-state index contributed by atoms with van der Waals surface area (Å²) in [5.74, 6) is -0.233. The lowest BCUT2D eigenvalue weighted by Gasteiger charge is -2.09. The molecular formula is C14H19NO5. The minimum Gasteiger partial charge on any atom is -0.497 e. The summed E-state index contributed by atoms with van der Waals surface area (Å²) in [5.41, 5.74) is 1.01. The zero-order valence-electron chi connectivity index (χ0n) is 11.6. The molecule has 0 saturated heterocycles. The number of rotatable bonds is 7. The third-order valence-corrected chi connectivity index (χ3v) is 2.77. The highest BCUT2D eigenvalue weighted by molar-refractivity contribution is 5.78. The molecule has 6 nitrogen and oxygen atoms in total. The van der Waals surface area contributed by atoms with Crippen LogP contribution in [0.5, 0.6) is 5.75 Å². The number of nitrogens with one attached hydrogen (secondary N) is 1. The van der Waals surface area contributed by atoms with E-state index in [0.29, 0.717) is 6.42 Å². The van der Waals surface area contributed by atoms with Gasteiger partial charge in [-0.3, -0.25) is 4.79 Å². The quantitative estimate of drug-likeness (QED) is 0.701. The molecular weight excluding hydrogens is 262 g/mol. The summed E-state index contributed by atoms with van der Waals surface area (Å²) < 4.78 is 9.39. The summed E-state index contributed by atoms with van der Waals surface area (Å²) in [4.78, 5) is 22.5. The van der Waals surface area contributed by atoms with E-state index >= 15 is 0 Å². The number of aryl methyl sites for hydroxylation is 1. The molecule has 0 spiro atoms. The van der Waals surface area contributed by atoms with Gasteiger partial charge in [-0.25, -0.2) is 4.79 Å². The van der Waals surface area contributed by atoms with Crippen LogP contribution in [-0.2, 0) is 20.7 Å². The molecule has 1 atom stereocenters. The summed E-state index contributed by atoms with van der Waals surface area (Å²) in [6.45, 7) is -0.145. The lowest BCUT2D eigenvalue weighted by Crippen LogP contribution is -2.37. The predicted octanol–water partition coefficient (Wildman–Crippen LogP) is 0.278. The van der Waals surface area contributed by atoms with Crippen molar-refractivity contribution in [3.8, 4) is 5.75 Å². The summed E-state index contributed by atoms with van der Waals surface area (Å²) in [7, 11) is 2.77. The molecule has 1 amide bonds. The van der Waals surface area contributed by atoms with Gasteiger partial charge in [0.2, 0.25) is 5.91 Å². The Morgan fingerprint density at radius 3 is 2.45 bits per heavy atom. The molecule has 2 N–H and O–H groups in total. The van der Waals surface area contributed by atoms with Crippen molar-refractivity contribution < 1.29 is 24.2 Å². The van der Waals surface area contributed by atoms with Crippen molar-refractivity contribution in [1.82, 2.24) is 5.32 Å². The first-order valence-corrected chi connectivity index (χ1v) is 6.22. The molecule has 1 unspecified atom stereocenters. The average Bonchev–Trinajstić information content (AvgIpc) is 2.50. The normalized spacial score (nSPS) is 11.6. The first kappa shape index (κ1) is 16.0. The van der Waals surface area contributed by atoms with E-state index in [0.717, 1.165) is 11.3 Å². The van der Waals surface area contributed by atoms with Gasteiger partial charge in [-0.1, -0.05) is 12.1 Å². The van der Waals surface area contributed by atoms with Crippen LogP contribution >= 0.6 is 0 Å². The van der Waals surface area contributed by atoms with Crippen molar-refractivity contribution in [2.45, 2.75) is 18.9 Å². The molecule has 1 rings (SSSR count). The number of hydrogen-bond acceptors (Lipinski definition) is 5. The summed E-state index contributed by atoms with van der Waals surface area (Å²) >= 11 is 0. The fourth-order valence-electron chi connectivity index (χ4n) is 1.57. The van der Waals surface area contributed by atoms with Crippen molar-refractivity contribution >= 4 is 11.9 Å². The van der Waals surface area contributed by atoms with Crippen LogP contribution in [0.1, 0.15) is 12.0 Å². The molecule has 0 radical (unpaired) electrons. The van der Waals surface area contributed by atoms with Gasteiger partial charge < -0.3 is 19.9 Å². The van der Waals surface area contributed by atoms with E-state index in [2.05, 4.69) is 10.1 Å². The molecule has 20 heavy (non-hydrogen) atoms. The fraction of sp³-hybridized carbons (Fsp3) is 0.429. The van der Waals surface area contributed by atoms with Gasteiger partial charge in [0.15, 0.2) is 6.10 Å². The summed E-state index contributed by atoms with van der Waals surface area (Å²) in [6, 6.07) is 7.42. The van der Waals surface area contributed by atoms with E-state index in [1.807, 2.05) is 24.3 Å². The van der Waals surface area contributed by atoms with E-state index in [1.54, 1.807) is 7.11 Å². The van der Waals surface area contributed by atoms with Crippen LogP contribution in [0, 0.1) is 0 Å². The first-order valence-electron chi connectivity index (χ1n) is 6.22. The van der Waals surface area contributed by atoms with Gasteiger partial charge in [-0.05, 0) is 24.1 Å². The highest BCUT2D eigenvalue weighted by Gasteiger charge is 2.15. The van der Waals surface area contributed by atoms with Crippen LogP contribution in [0.4, 0.5) is 0 Å². The molecule has 0 aliphatic rings. The molecule has 0 fully saturated rings. The first-order chi connectivity index (χ1) is 9.56. The maximum atomic E-state index is 11.6. The van der Waals surface area contributed by atoms with Gasteiger partial charge in [0.1, 0.15) is 5.75 Å². The highest BCUT2D eigenvalue weighted by Crippen LogP contribution is 2.12. The second-order valence-electron chi connectivity index (χ2n) is 4.19. The minimum absolute atomic E-state index is 0.145. The second kappa shape index (κ2) is 8.16. The molecule has 0 aliphatic heterocycles. The Balaban J connectivity index is 2.30. The van der Waals surface area contributed by atoms with Crippen molar-refractivity contribution in [2.75, 3.05) is 20.8 Å². The van der Waals surface area contributed by atoms with Crippen molar-refractivity contribution in [1.29, 1.82) is 0 Å². The Kier molecular flexibility index (Phi) is 6.52. The van der Waals surface area contributed by atoms with E-state index in [1.165, 1.54) is 7.11 Å². The van der Waals surface area contributed by atoms with Crippen LogP contribution < -0.4 is 10.1 Å². The molecule has 0 aromatic heterocycles. The van der Waals surface area contributed by atoms with Crippen molar-refractivity contribution in [3.05, 3.63) is 29.8 Å². The molecule has 1 aromatic rings. The molecule has 6 heteroatoms. The number of amides is 1. The van der Waals surface area contributed by atoms with Crippen LogP contribution in [0.25, 0.3) is 0 Å². The van der Waals surface area contributed by atoms with Gasteiger partial charge >= 0.3 is 5.97 Å². The van der Waals surface area contributed by atoms with Crippen LogP contribution in [0.3, 0.4) is 0 Å². The number of aliphatic hydroxyl groups is 1. The topological polar surface area (TPSA) is 84.9 Å². The number of methoxy groups -OCH3 is 2. The zero-order valence-corrected chi connectivity index (χ0v) is 11.6. The molecule has 0 heterocycles. The van der Waals surface area contributed by atoms with Crippen LogP contribution in [0.15, 0.2) is 24.3 Å². The summed E-state index contributed by atoms with van der Waals surface area (Å²) in [6.07, 6.45) is -0.477. The average molecular weight is 281 g/mol. The fourth-order valence-corrected chi connectivity index (χ4v) is 1.57. The highest BCUT2D eigenvalue weighted by atomic mass is 16.5. The maximum Gasteiger partial charge on any atom is 0.336 e. The van der Waals surface area contributed by atoms with E-state index in [9.17, 15) is 14.7 Å². The lowest BCUT2D eigenvalue weighted by atomic mass is 10.1. The second-order valence-corrected chi connectivity index (χ2v) is 4.19. The van der Waals surface area contributed by atoms with E-state index in [4.69, 9.17) is 4.74 Å². The predicted molar refractivity (Wildman–Crippen MR) is 72.3 cm³/mol. The number of esters is 1. The lowest BCUT2D eigenvalue weighted by molar-refractivity contribution is -0.150. The number of carbonyl (C=O) groups is 2. The van der Waals surface area contributed by atoms with Gasteiger partial charge in [-0.2, -0.15) is 0 Å². The van der Waals surface area contributed by atoms with Gasteiger partial charge in [0.05, 0.1) is 20.8 Å². The Morgan fingerprint density at radius 2 is 1.90 bits per heavy atom. The van der Waals surface area contributed by atoms with Gasteiger partial charge in [0, 0.05) is 6.42 Å². The monoisotopic (exact) mass is 281 g/mol. The van der Waals surface area contributed by atoms with Crippen molar-refractivity contribution in [2.24, 2.45) is 0 Å². The standard InChI is InChI=1S/C14H19NO5/c1-19-11-6-3-10(4-7-11)5-8-13(17)15-9-12(16)14(18)20-2/h3-4,6-7,12,16H,5,8-9H2,1-2H3,(H,15,17). The Hall–Kier alpha value is -2.08. The number of aliphatic hydroxyl groups excluding tert-OH is 1. The molecule has 0 aliphatic carbocycles. The summed E-state index contributed by atoms with van der Waals surface area (Å²) in [5, 5.41) is 11.8. The Morgan fingerprint density at radius 1 is 1.25 bits per heavy atom. The molecule has 0 bridgehead atoms. The largest absolute Gasteiger partial charge is 0.497 e. The Bertz CT molecular complexity index is 443. The van der Waals surface area contributed by atoms with Crippen LogP contribution in [0.2, 0.25) is 0 Å². The third-order valence-electron chi connectivity index (χ3n) is 2.77. The Labute approximate surface area is 117 Å². The number of ether oxygens (including phenoxy) is 2. The van der Waals surface area contributed by atoms with E-state index in [-0.39, 0.29) is 18.9 Å². The number of benzene rings is 1. The van der Waals surface area contributed by atoms with E-state index < -0.39 is 12.1 Å².